The van der Waals surface area contributed by atoms with Crippen molar-refractivity contribution < 1.29 is 22.8 Å². The second kappa shape index (κ2) is 9.31. The zero-order valence-electron chi connectivity index (χ0n) is 19.7. The highest BCUT2D eigenvalue weighted by molar-refractivity contribution is 7.89. The molecule has 4 rings (SSSR count). The molecule has 2 heterocycles. The number of fused-ring (bicyclic) bond motifs is 2. The standard InChI is InChI=1S/C25H29N3O5S/c1-4-26(5-2)34(32,33)19-9-11-22-18(16-19)7-6-13-27(22)23(29)12-14-28-24(30)20-10-8-17(3)15-21(20)25(28)31/h8-11,15-16H,4-7,12-14H2,1-3H3. The SMILES string of the molecule is CCN(CC)S(=O)(=O)c1ccc2c(c1)CCCN2C(=O)CCN1C(=O)c2ccc(C)cc2C1=O. The summed E-state index contributed by atoms with van der Waals surface area (Å²) in [6, 6.07) is 10.0. The van der Waals surface area contributed by atoms with Gasteiger partial charge < -0.3 is 4.90 Å². The van der Waals surface area contributed by atoms with E-state index in [1.165, 1.54) is 4.31 Å². The van der Waals surface area contributed by atoms with Crippen LogP contribution >= 0.6 is 0 Å². The molecule has 0 fully saturated rings. The van der Waals surface area contributed by atoms with Gasteiger partial charge in [0.15, 0.2) is 0 Å². The molecule has 0 bridgehead atoms. The summed E-state index contributed by atoms with van der Waals surface area (Å²) in [6.07, 6.45) is 1.39. The first kappa shape index (κ1) is 24.1. The van der Waals surface area contributed by atoms with Gasteiger partial charge in [-0.25, -0.2) is 8.42 Å². The summed E-state index contributed by atoms with van der Waals surface area (Å²) in [6.45, 7) is 6.75. The normalized spacial score (nSPS) is 15.6. The van der Waals surface area contributed by atoms with E-state index in [9.17, 15) is 22.8 Å². The lowest BCUT2D eigenvalue weighted by molar-refractivity contribution is -0.118. The van der Waals surface area contributed by atoms with E-state index >= 15 is 0 Å². The zero-order valence-corrected chi connectivity index (χ0v) is 20.5. The molecule has 180 valence electrons. The summed E-state index contributed by atoms with van der Waals surface area (Å²) >= 11 is 0. The van der Waals surface area contributed by atoms with E-state index in [-0.39, 0.29) is 35.6 Å². The predicted molar refractivity (Wildman–Crippen MR) is 128 cm³/mol. The Hall–Kier alpha value is -3.04. The predicted octanol–water partition coefficient (Wildman–Crippen LogP) is 2.99. The van der Waals surface area contributed by atoms with Crippen LogP contribution in [0.2, 0.25) is 0 Å². The van der Waals surface area contributed by atoms with Crippen LogP contribution in [-0.2, 0) is 21.2 Å². The van der Waals surface area contributed by atoms with Crippen LogP contribution in [0.1, 0.15) is 58.5 Å². The summed E-state index contributed by atoms with van der Waals surface area (Å²) in [4.78, 5) is 41.4. The van der Waals surface area contributed by atoms with Crippen LogP contribution in [0.3, 0.4) is 0 Å². The minimum absolute atomic E-state index is 0.00336. The average Bonchev–Trinajstić information content (AvgIpc) is 3.06. The fourth-order valence-electron chi connectivity index (χ4n) is 4.66. The van der Waals surface area contributed by atoms with Gasteiger partial charge in [0.05, 0.1) is 16.0 Å². The molecule has 0 saturated carbocycles. The van der Waals surface area contributed by atoms with Crippen molar-refractivity contribution in [3.8, 4) is 0 Å². The van der Waals surface area contributed by atoms with Crippen LogP contribution in [0.25, 0.3) is 0 Å². The van der Waals surface area contributed by atoms with Crippen molar-refractivity contribution in [1.82, 2.24) is 9.21 Å². The van der Waals surface area contributed by atoms with Gasteiger partial charge in [0, 0.05) is 38.3 Å². The first-order valence-electron chi connectivity index (χ1n) is 11.6. The zero-order chi connectivity index (χ0) is 24.6. The molecule has 8 nitrogen and oxygen atoms in total. The van der Waals surface area contributed by atoms with Crippen LogP contribution < -0.4 is 4.90 Å². The molecule has 0 aliphatic carbocycles. The van der Waals surface area contributed by atoms with Gasteiger partial charge in [-0.1, -0.05) is 25.5 Å². The summed E-state index contributed by atoms with van der Waals surface area (Å²) < 4.78 is 27.2. The number of anilines is 1. The molecular weight excluding hydrogens is 454 g/mol. The summed E-state index contributed by atoms with van der Waals surface area (Å²) in [5, 5.41) is 0. The number of sulfonamides is 1. The van der Waals surface area contributed by atoms with E-state index in [0.717, 1.165) is 16.0 Å². The number of rotatable bonds is 7. The number of amides is 3. The number of carbonyl (C=O) groups is 3. The molecule has 0 aromatic heterocycles. The fraction of sp³-hybridized carbons (Fsp3) is 0.400. The Bertz CT molecular complexity index is 1270. The van der Waals surface area contributed by atoms with Crippen molar-refractivity contribution >= 4 is 33.4 Å². The molecule has 2 aromatic rings. The molecule has 0 radical (unpaired) electrons. The first-order chi connectivity index (χ1) is 16.2. The Balaban J connectivity index is 1.50. The number of hydrogen-bond donors (Lipinski definition) is 0. The van der Waals surface area contributed by atoms with E-state index in [1.807, 2.05) is 6.92 Å². The van der Waals surface area contributed by atoms with Gasteiger partial charge in [-0.2, -0.15) is 4.31 Å². The van der Waals surface area contributed by atoms with Crippen molar-refractivity contribution in [1.29, 1.82) is 0 Å². The topological polar surface area (TPSA) is 95.1 Å². The number of aryl methyl sites for hydroxylation is 2. The van der Waals surface area contributed by atoms with Gasteiger partial charge in [-0.15, -0.1) is 0 Å². The minimum atomic E-state index is -3.59. The second-order valence-electron chi connectivity index (χ2n) is 8.59. The highest BCUT2D eigenvalue weighted by Crippen LogP contribution is 2.31. The maximum Gasteiger partial charge on any atom is 0.261 e. The van der Waals surface area contributed by atoms with Gasteiger partial charge in [-0.05, 0) is 55.7 Å². The molecule has 2 aliphatic rings. The molecule has 0 unspecified atom stereocenters. The number of benzene rings is 2. The van der Waals surface area contributed by atoms with Crippen molar-refractivity contribution in [2.45, 2.75) is 44.9 Å². The lowest BCUT2D eigenvalue weighted by atomic mass is 10.0. The third kappa shape index (κ3) is 4.14. The van der Waals surface area contributed by atoms with Crippen molar-refractivity contribution in [3.05, 3.63) is 58.7 Å². The number of nitrogens with zero attached hydrogens (tertiary/aromatic N) is 3. The van der Waals surface area contributed by atoms with Crippen molar-refractivity contribution in [2.75, 3.05) is 31.1 Å². The Morgan fingerprint density at radius 2 is 1.71 bits per heavy atom. The number of hydrogen-bond acceptors (Lipinski definition) is 5. The fourth-order valence-corrected chi connectivity index (χ4v) is 6.16. The quantitative estimate of drug-likeness (QED) is 0.564. The monoisotopic (exact) mass is 483 g/mol. The van der Waals surface area contributed by atoms with Gasteiger partial charge in [0.2, 0.25) is 15.9 Å². The summed E-state index contributed by atoms with van der Waals surface area (Å²) in [5.41, 5.74) is 3.14. The second-order valence-corrected chi connectivity index (χ2v) is 10.5. The molecule has 2 aromatic carbocycles. The third-order valence-electron chi connectivity index (χ3n) is 6.49. The van der Waals surface area contributed by atoms with E-state index in [0.29, 0.717) is 49.3 Å². The average molecular weight is 484 g/mol. The highest BCUT2D eigenvalue weighted by Gasteiger charge is 2.36. The van der Waals surface area contributed by atoms with E-state index < -0.39 is 10.0 Å². The Morgan fingerprint density at radius 1 is 1.00 bits per heavy atom. The molecule has 0 N–H and O–H groups in total. The number of imide groups is 1. The Labute approximate surface area is 200 Å². The molecule has 0 atom stereocenters. The van der Waals surface area contributed by atoms with Crippen LogP contribution in [0, 0.1) is 6.92 Å². The Morgan fingerprint density at radius 3 is 2.41 bits per heavy atom. The van der Waals surface area contributed by atoms with Gasteiger partial charge >= 0.3 is 0 Å². The Kier molecular flexibility index (Phi) is 6.60. The smallest absolute Gasteiger partial charge is 0.261 e. The molecule has 3 amide bonds. The van der Waals surface area contributed by atoms with E-state index in [1.54, 1.807) is 55.1 Å². The molecule has 2 aliphatic heterocycles. The van der Waals surface area contributed by atoms with E-state index in [4.69, 9.17) is 0 Å². The molecule has 9 heteroatoms. The minimum Gasteiger partial charge on any atom is -0.312 e. The van der Waals surface area contributed by atoms with E-state index in [2.05, 4.69) is 0 Å². The van der Waals surface area contributed by atoms with Crippen molar-refractivity contribution in [3.63, 3.8) is 0 Å². The summed E-state index contributed by atoms with van der Waals surface area (Å²) in [5.74, 6) is -0.951. The molecular formula is C25H29N3O5S. The van der Waals surface area contributed by atoms with Crippen LogP contribution in [-0.4, -0.2) is 61.5 Å². The van der Waals surface area contributed by atoms with Gasteiger partial charge in [-0.3, -0.25) is 19.3 Å². The van der Waals surface area contributed by atoms with Crippen LogP contribution in [0.5, 0.6) is 0 Å². The number of carbonyl (C=O) groups excluding carboxylic acids is 3. The molecule has 34 heavy (non-hydrogen) atoms. The van der Waals surface area contributed by atoms with Crippen LogP contribution in [0.4, 0.5) is 5.69 Å². The lowest BCUT2D eigenvalue weighted by Crippen LogP contribution is -2.39. The van der Waals surface area contributed by atoms with Crippen molar-refractivity contribution in [2.24, 2.45) is 0 Å². The maximum absolute atomic E-state index is 13.1. The lowest BCUT2D eigenvalue weighted by Gasteiger charge is -2.30. The molecule has 0 spiro atoms. The molecule has 0 saturated heterocycles. The highest BCUT2D eigenvalue weighted by atomic mass is 32.2. The van der Waals surface area contributed by atoms with Crippen LogP contribution in [0.15, 0.2) is 41.3 Å². The third-order valence-corrected chi connectivity index (χ3v) is 8.54. The van der Waals surface area contributed by atoms with Gasteiger partial charge in [0.25, 0.3) is 11.8 Å². The largest absolute Gasteiger partial charge is 0.312 e. The van der Waals surface area contributed by atoms with Gasteiger partial charge in [0.1, 0.15) is 0 Å². The maximum atomic E-state index is 13.1. The summed E-state index contributed by atoms with van der Waals surface area (Å²) in [7, 11) is -3.59. The first-order valence-corrected chi connectivity index (χ1v) is 13.0.